The number of hydrogen-bond donors (Lipinski definition) is 4. The number of hydrogen-bond acceptors (Lipinski definition) is 10. The fourth-order valence-electron chi connectivity index (χ4n) is 2.90. The van der Waals surface area contributed by atoms with E-state index < -0.39 is 32.4 Å². The zero-order chi connectivity index (χ0) is 17.1. The van der Waals surface area contributed by atoms with E-state index in [9.17, 15) is 14.6 Å². The topological polar surface area (TPSA) is 155 Å². The van der Waals surface area contributed by atoms with Crippen LogP contribution in [0.5, 0.6) is 0 Å². The Hall–Kier alpha value is -1.27. The van der Waals surface area contributed by atoms with Crippen LogP contribution in [0, 0.1) is 0 Å². The van der Waals surface area contributed by atoms with E-state index in [1.54, 1.807) is 0 Å². The summed E-state index contributed by atoms with van der Waals surface area (Å²) >= 11 is 4.23. The Morgan fingerprint density at radius 3 is 3.04 bits per heavy atom. The molecule has 2 aliphatic rings. The molecule has 11 nitrogen and oxygen atoms in total. The van der Waals surface area contributed by atoms with Crippen LogP contribution in [0.2, 0.25) is 0 Å². The first-order valence-corrected chi connectivity index (χ1v) is 9.11. The van der Waals surface area contributed by atoms with E-state index in [1.165, 1.54) is 10.9 Å². The SMILES string of the molecule is Nc1ncnc2c1nc(CS)n2[C@@H]1O[C@@H]2COP(=O)(O)O[C@H]2[C@H]1O. The fourth-order valence-corrected chi connectivity index (χ4v) is 4.09. The maximum absolute atomic E-state index is 11.6. The first kappa shape index (κ1) is 16.2. The average molecular weight is 375 g/mol. The second-order valence-electron chi connectivity index (χ2n) is 5.38. The number of nitrogen functional groups attached to an aromatic ring is 1. The predicted octanol–water partition coefficient (Wildman–Crippen LogP) is -0.388. The van der Waals surface area contributed by atoms with Crippen LogP contribution >= 0.6 is 20.5 Å². The summed E-state index contributed by atoms with van der Waals surface area (Å²) in [6, 6.07) is 0. The second-order valence-corrected chi connectivity index (χ2v) is 7.10. The van der Waals surface area contributed by atoms with Crippen molar-refractivity contribution in [3.05, 3.63) is 12.2 Å². The smallest absolute Gasteiger partial charge is 0.386 e. The van der Waals surface area contributed by atoms with Crippen molar-refractivity contribution in [2.75, 3.05) is 12.3 Å². The number of nitrogens with two attached hydrogens (primary N) is 1. The lowest BCUT2D eigenvalue weighted by molar-refractivity contribution is -0.0669. The first-order chi connectivity index (χ1) is 11.4. The van der Waals surface area contributed by atoms with Crippen molar-refractivity contribution in [1.82, 2.24) is 19.5 Å². The summed E-state index contributed by atoms with van der Waals surface area (Å²) in [6.07, 6.45) is -2.61. The molecule has 2 aliphatic heterocycles. The van der Waals surface area contributed by atoms with Gasteiger partial charge in [-0.3, -0.25) is 13.6 Å². The zero-order valence-electron chi connectivity index (χ0n) is 12.1. The van der Waals surface area contributed by atoms with E-state index in [1.807, 2.05) is 0 Å². The molecular formula is C11H14N5O6PS. The Kier molecular flexibility index (Phi) is 3.80. The predicted molar refractivity (Wildman–Crippen MR) is 83.0 cm³/mol. The molecule has 0 aromatic carbocycles. The summed E-state index contributed by atoms with van der Waals surface area (Å²) in [5, 5.41) is 10.6. The quantitative estimate of drug-likeness (QED) is 0.403. The second kappa shape index (κ2) is 5.63. The van der Waals surface area contributed by atoms with E-state index >= 15 is 0 Å². The number of aliphatic hydroxyl groups is 1. The van der Waals surface area contributed by atoms with Crippen LogP contribution in [-0.4, -0.2) is 54.4 Å². The highest BCUT2D eigenvalue weighted by atomic mass is 32.1. The summed E-state index contributed by atoms with van der Waals surface area (Å²) in [5.41, 5.74) is 6.53. The molecule has 0 saturated carbocycles. The van der Waals surface area contributed by atoms with E-state index in [0.717, 1.165) is 0 Å². The molecule has 4 rings (SSSR count). The van der Waals surface area contributed by atoms with Crippen LogP contribution in [0.1, 0.15) is 12.1 Å². The Balaban J connectivity index is 1.78. The first-order valence-electron chi connectivity index (χ1n) is 6.98. The van der Waals surface area contributed by atoms with Crippen LogP contribution in [-0.2, 0) is 24.1 Å². The third-order valence-electron chi connectivity index (χ3n) is 3.94. The molecule has 4 heterocycles. The summed E-state index contributed by atoms with van der Waals surface area (Å²) < 4.78 is 28.5. The van der Waals surface area contributed by atoms with Crippen molar-refractivity contribution in [3.8, 4) is 0 Å². The van der Waals surface area contributed by atoms with Crippen molar-refractivity contribution in [2.45, 2.75) is 30.3 Å². The van der Waals surface area contributed by atoms with E-state index in [-0.39, 0.29) is 18.2 Å². The fraction of sp³-hybridized carbons (Fsp3) is 0.545. The maximum atomic E-state index is 11.6. The van der Waals surface area contributed by atoms with Crippen molar-refractivity contribution in [1.29, 1.82) is 0 Å². The highest BCUT2D eigenvalue weighted by Gasteiger charge is 2.53. The lowest BCUT2D eigenvalue weighted by Gasteiger charge is -2.27. The minimum Gasteiger partial charge on any atom is -0.386 e. The van der Waals surface area contributed by atoms with Gasteiger partial charge < -0.3 is 20.5 Å². The van der Waals surface area contributed by atoms with Crippen LogP contribution in [0.4, 0.5) is 5.82 Å². The van der Waals surface area contributed by atoms with Crippen LogP contribution < -0.4 is 5.73 Å². The molecule has 0 radical (unpaired) electrons. The third kappa shape index (κ3) is 2.42. The molecule has 2 aromatic rings. The summed E-state index contributed by atoms with van der Waals surface area (Å²) in [4.78, 5) is 21.8. The molecule has 24 heavy (non-hydrogen) atoms. The normalized spacial score (nSPS) is 36.1. The van der Waals surface area contributed by atoms with Gasteiger partial charge in [0.05, 0.1) is 6.61 Å². The van der Waals surface area contributed by atoms with Gasteiger partial charge in [-0.15, -0.1) is 0 Å². The van der Waals surface area contributed by atoms with Gasteiger partial charge in [0.15, 0.2) is 23.2 Å². The van der Waals surface area contributed by atoms with E-state index in [0.29, 0.717) is 17.0 Å². The highest BCUT2D eigenvalue weighted by Crippen LogP contribution is 2.52. The number of phosphoric ester groups is 1. The molecule has 5 atom stereocenters. The lowest BCUT2D eigenvalue weighted by Crippen LogP contribution is -2.39. The number of aliphatic hydroxyl groups excluding tert-OH is 1. The van der Waals surface area contributed by atoms with Crippen molar-refractivity contribution >= 4 is 37.4 Å². The lowest BCUT2D eigenvalue weighted by atomic mass is 10.1. The van der Waals surface area contributed by atoms with Gasteiger partial charge in [0.1, 0.15) is 30.5 Å². The molecule has 130 valence electrons. The number of thiol groups is 1. The molecule has 2 saturated heterocycles. The van der Waals surface area contributed by atoms with Crippen LogP contribution in [0.15, 0.2) is 6.33 Å². The van der Waals surface area contributed by atoms with Crippen molar-refractivity contribution in [2.24, 2.45) is 0 Å². The van der Waals surface area contributed by atoms with Crippen LogP contribution in [0.25, 0.3) is 11.2 Å². The third-order valence-corrected chi connectivity index (χ3v) is 5.21. The van der Waals surface area contributed by atoms with Crippen molar-refractivity contribution < 1.29 is 28.3 Å². The zero-order valence-corrected chi connectivity index (χ0v) is 13.9. The molecule has 2 aromatic heterocycles. The number of phosphoric acid groups is 1. The summed E-state index contributed by atoms with van der Waals surface area (Å²) in [7, 11) is -4.20. The van der Waals surface area contributed by atoms with Gasteiger partial charge in [-0.1, -0.05) is 0 Å². The number of fused-ring (bicyclic) bond motifs is 2. The number of ether oxygens (including phenoxy) is 1. The molecule has 4 N–H and O–H groups in total. The van der Waals surface area contributed by atoms with E-state index in [2.05, 4.69) is 27.6 Å². The Morgan fingerprint density at radius 1 is 1.50 bits per heavy atom. The molecule has 2 fully saturated rings. The minimum atomic E-state index is -4.20. The minimum absolute atomic E-state index is 0.175. The number of aromatic nitrogens is 4. The Morgan fingerprint density at radius 2 is 2.29 bits per heavy atom. The molecule has 0 amide bonds. The average Bonchev–Trinajstić information content (AvgIpc) is 3.06. The molecule has 0 bridgehead atoms. The van der Waals surface area contributed by atoms with Gasteiger partial charge in [-0.05, 0) is 0 Å². The number of imidazole rings is 1. The molecular weight excluding hydrogens is 361 g/mol. The Bertz CT molecular complexity index is 848. The molecule has 0 spiro atoms. The maximum Gasteiger partial charge on any atom is 0.472 e. The van der Waals surface area contributed by atoms with Crippen molar-refractivity contribution in [3.63, 3.8) is 0 Å². The van der Waals surface area contributed by atoms with Crippen LogP contribution in [0.3, 0.4) is 0 Å². The number of rotatable bonds is 2. The molecule has 1 unspecified atom stereocenters. The van der Waals surface area contributed by atoms with E-state index in [4.69, 9.17) is 19.5 Å². The number of nitrogens with zero attached hydrogens (tertiary/aromatic N) is 4. The monoisotopic (exact) mass is 375 g/mol. The van der Waals surface area contributed by atoms with Gasteiger partial charge in [-0.2, -0.15) is 12.6 Å². The highest BCUT2D eigenvalue weighted by molar-refractivity contribution is 7.79. The number of anilines is 1. The Labute approximate surface area is 140 Å². The standard InChI is InChI=1S/C11H14N5O6PS/c12-9-6-10(14-3-13-9)16(5(2-24)15-6)11-7(17)8-4(21-11)1-20-23(18,19)22-8/h3-4,7-8,11,17,24H,1-2H2,(H,18,19)(H2,12,13,14)/t4-,7-,8-,11-/m1/s1. The summed E-state index contributed by atoms with van der Waals surface area (Å²) in [5.74, 6) is 0.871. The summed E-state index contributed by atoms with van der Waals surface area (Å²) in [6.45, 7) is -0.175. The van der Waals surface area contributed by atoms with Gasteiger partial charge in [0.25, 0.3) is 0 Å². The van der Waals surface area contributed by atoms with Gasteiger partial charge in [-0.25, -0.2) is 19.5 Å². The van der Waals surface area contributed by atoms with Gasteiger partial charge in [0.2, 0.25) is 0 Å². The molecule has 13 heteroatoms. The largest absolute Gasteiger partial charge is 0.472 e. The van der Waals surface area contributed by atoms with Gasteiger partial charge >= 0.3 is 7.82 Å². The van der Waals surface area contributed by atoms with Gasteiger partial charge in [0, 0.05) is 5.75 Å². The molecule has 0 aliphatic carbocycles.